The number of carbonyl (C=O) groups excluding carboxylic acids is 1. The average molecular weight is 528 g/mol. The Labute approximate surface area is 208 Å². The molecule has 0 N–H and O–H groups in total. The van der Waals surface area contributed by atoms with Crippen LogP contribution in [0.5, 0.6) is 5.75 Å². The number of thiazole rings is 1. The molecular weight excluding hydrogens is 516 g/mol. The molecule has 0 saturated heterocycles. The predicted octanol–water partition coefficient (Wildman–Crippen LogP) is 4.77. The van der Waals surface area contributed by atoms with E-state index in [4.69, 9.17) is 4.74 Å². The lowest BCUT2D eigenvalue weighted by molar-refractivity contribution is -0.394. The van der Waals surface area contributed by atoms with Gasteiger partial charge in [0, 0.05) is 18.2 Å². The SMILES string of the molecule is COc1ccc2nc(N(/N=C/c3ccc([N+](=O)[O-])s3)C(=O)c3cc([N+](=O)[O-])cc([N+](=O)[O-])c3)sc2c1. The lowest BCUT2D eigenvalue weighted by Crippen LogP contribution is -2.25. The van der Waals surface area contributed by atoms with Crippen LogP contribution in [0.25, 0.3) is 10.2 Å². The van der Waals surface area contributed by atoms with Crippen molar-refractivity contribution < 1.29 is 24.3 Å². The van der Waals surface area contributed by atoms with Crippen molar-refractivity contribution in [1.29, 1.82) is 0 Å². The van der Waals surface area contributed by atoms with Gasteiger partial charge in [0.1, 0.15) is 5.75 Å². The van der Waals surface area contributed by atoms with Gasteiger partial charge in [0.25, 0.3) is 17.3 Å². The van der Waals surface area contributed by atoms with Gasteiger partial charge in [-0.2, -0.15) is 10.1 Å². The van der Waals surface area contributed by atoms with Crippen molar-refractivity contribution in [2.24, 2.45) is 5.10 Å². The quantitative estimate of drug-likeness (QED) is 0.176. The highest BCUT2D eigenvalue weighted by atomic mass is 32.1. The second-order valence-corrected chi connectivity index (χ2v) is 8.98. The number of rotatable bonds is 8. The van der Waals surface area contributed by atoms with Gasteiger partial charge in [0.2, 0.25) is 5.13 Å². The first kappa shape index (κ1) is 24.3. The van der Waals surface area contributed by atoms with Crippen LogP contribution in [0.2, 0.25) is 0 Å². The Morgan fingerprint density at radius 2 is 1.67 bits per heavy atom. The van der Waals surface area contributed by atoms with Crippen LogP contribution in [-0.2, 0) is 0 Å². The molecule has 0 atom stereocenters. The average Bonchev–Trinajstić information content (AvgIpc) is 3.50. The van der Waals surface area contributed by atoms with Crippen LogP contribution in [-0.4, -0.2) is 39.0 Å². The van der Waals surface area contributed by atoms with Crippen molar-refractivity contribution >= 4 is 66.5 Å². The van der Waals surface area contributed by atoms with Crippen molar-refractivity contribution in [1.82, 2.24) is 4.98 Å². The predicted molar refractivity (Wildman–Crippen MR) is 131 cm³/mol. The summed E-state index contributed by atoms with van der Waals surface area (Å²) in [5.74, 6) is -0.394. The maximum absolute atomic E-state index is 13.4. The molecule has 0 bridgehead atoms. The summed E-state index contributed by atoms with van der Waals surface area (Å²) < 4.78 is 5.83. The van der Waals surface area contributed by atoms with Crippen LogP contribution in [0, 0.1) is 30.3 Å². The monoisotopic (exact) mass is 528 g/mol. The van der Waals surface area contributed by atoms with Crippen molar-refractivity contribution in [3.63, 3.8) is 0 Å². The highest BCUT2D eigenvalue weighted by Crippen LogP contribution is 2.33. The fourth-order valence-electron chi connectivity index (χ4n) is 2.98. The van der Waals surface area contributed by atoms with Crippen LogP contribution >= 0.6 is 22.7 Å². The molecule has 0 fully saturated rings. The number of nitrogens with zero attached hydrogens (tertiary/aromatic N) is 6. The summed E-state index contributed by atoms with van der Waals surface area (Å²) in [6.45, 7) is 0. The van der Waals surface area contributed by atoms with Crippen molar-refractivity contribution in [2.75, 3.05) is 12.1 Å². The number of benzene rings is 2. The molecule has 2 aromatic carbocycles. The lowest BCUT2D eigenvalue weighted by atomic mass is 10.1. The summed E-state index contributed by atoms with van der Waals surface area (Å²) in [6, 6.07) is 10.2. The number of carbonyl (C=O) groups is 1. The maximum atomic E-state index is 13.4. The third-order valence-corrected chi connectivity index (χ3v) is 6.59. The molecule has 4 rings (SSSR count). The van der Waals surface area contributed by atoms with E-state index >= 15 is 0 Å². The van der Waals surface area contributed by atoms with Gasteiger partial charge in [-0.25, -0.2) is 4.98 Å². The largest absolute Gasteiger partial charge is 0.497 e. The van der Waals surface area contributed by atoms with E-state index in [1.54, 1.807) is 18.2 Å². The fourth-order valence-corrected chi connectivity index (χ4v) is 4.61. The van der Waals surface area contributed by atoms with E-state index in [-0.39, 0.29) is 15.7 Å². The molecular formula is C20H12N6O8S2. The van der Waals surface area contributed by atoms with E-state index < -0.39 is 32.1 Å². The number of methoxy groups -OCH3 is 1. The number of ether oxygens (including phenoxy) is 1. The number of amides is 1. The van der Waals surface area contributed by atoms with Crippen LogP contribution in [0.3, 0.4) is 0 Å². The summed E-state index contributed by atoms with van der Waals surface area (Å²) in [7, 11) is 1.48. The van der Waals surface area contributed by atoms with E-state index in [9.17, 15) is 35.1 Å². The second-order valence-electron chi connectivity index (χ2n) is 6.88. The fraction of sp³-hybridized carbons (Fsp3) is 0.0500. The number of hydrogen-bond donors (Lipinski definition) is 0. The highest BCUT2D eigenvalue weighted by Gasteiger charge is 2.26. The first-order valence-corrected chi connectivity index (χ1v) is 11.3. The van der Waals surface area contributed by atoms with Gasteiger partial charge in [-0.1, -0.05) is 22.7 Å². The number of thiophene rings is 1. The summed E-state index contributed by atoms with van der Waals surface area (Å²) in [6.07, 6.45) is 1.19. The summed E-state index contributed by atoms with van der Waals surface area (Å²) in [5.41, 5.74) is -1.18. The molecule has 182 valence electrons. The number of hydrogen-bond acceptors (Lipinski definition) is 12. The Morgan fingerprint density at radius 3 is 2.25 bits per heavy atom. The molecule has 0 aliphatic rings. The molecule has 0 radical (unpaired) electrons. The van der Waals surface area contributed by atoms with Gasteiger partial charge >= 0.3 is 5.00 Å². The van der Waals surface area contributed by atoms with Crippen LogP contribution in [0.4, 0.5) is 21.5 Å². The highest BCUT2D eigenvalue weighted by molar-refractivity contribution is 7.22. The molecule has 0 aliphatic carbocycles. The second kappa shape index (κ2) is 9.80. The summed E-state index contributed by atoms with van der Waals surface area (Å²) in [5, 5.41) is 38.4. The Morgan fingerprint density at radius 1 is 0.972 bits per heavy atom. The normalized spacial score (nSPS) is 11.0. The minimum absolute atomic E-state index is 0.0553. The van der Waals surface area contributed by atoms with E-state index in [0.717, 1.165) is 45.9 Å². The molecule has 0 saturated carbocycles. The van der Waals surface area contributed by atoms with Gasteiger partial charge in [-0.15, -0.1) is 0 Å². The van der Waals surface area contributed by atoms with Gasteiger partial charge in [-0.05, 0) is 24.3 Å². The zero-order chi connectivity index (χ0) is 26.0. The number of nitro benzene ring substituents is 2. The zero-order valence-electron chi connectivity index (χ0n) is 18.0. The van der Waals surface area contributed by atoms with Gasteiger partial charge in [0.15, 0.2) is 0 Å². The Bertz CT molecular complexity index is 1530. The van der Waals surface area contributed by atoms with E-state index in [1.807, 2.05) is 0 Å². The Balaban J connectivity index is 1.82. The summed E-state index contributed by atoms with van der Waals surface area (Å²) >= 11 is 1.86. The number of non-ortho nitro benzene ring substituents is 2. The molecule has 0 unspecified atom stereocenters. The van der Waals surface area contributed by atoms with Gasteiger partial charge in [-0.3, -0.25) is 35.1 Å². The lowest BCUT2D eigenvalue weighted by Gasteiger charge is -2.13. The standard InChI is InChI=1S/C20H12N6O8S2/c1-34-14-2-4-16-17(9-14)36-20(22-16)23(21-10-15-3-5-18(35-15)26(32)33)19(27)11-6-12(24(28)29)8-13(7-11)25(30)31/h2-10H,1H3/b21-10+. The van der Waals surface area contributed by atoms with Gasteiger partial charge < -0.3 is 4.74 Å². The van der Waals surface area contributed by atoms with Crippen LogP contribution in [0.15, 0.2) is 53.6 Å². The third-order valence-electron chi connectivity index (χ3n) is 4.62. The molecule has 14 nitrogen and oxygen atoms in total. The molecule has 36 heavy (non-hydrogen) atoms. The Kier molecular flexibility index (Phi) is 6.62. The minimum Gasteiger partial charge on any atom is -0.497 e. The molecule has 16 heteroatoms. The first-order valence-electron chi connectivity index (χ1n) is 9.67. The van der Waals surface area contributed by atoms with Crippen LogP contribution in [0.1, 0.15) is 15.2 Å². The number of hydrazone groups is 1. The first-order chi connectivity index (χ1) is 17.2. The maximum Gasteiger partial charge on any atom is 0.324 e. The Hall–Kier alpha value is -4.83. The van der Waals surface area contributed by atoms with Crippen molar-refractivity contribution in [3.05, 3.63) is 89.3 Å². The summed E-state index contributed by atoms with van der Waals surface area (Å²) in [4.78, 5) is 49.4. The molecule has 0 aliphatic heterocycles. The number of anilines is 1. The third kappa shape index (κ3) is 4.98. The van der Waals surface area contributed by atoms with E-state index in [2.05, 4.69) is 10.1 Å². The smallest absolute Gasteiger partial charge is 0.324 e. The van der Waals surface area contributed by atoms with Crippen LogP contribution < -0.4 is 9.75 Å². The number of nitro groups is 3. The molecule has 1 amide bonds. The molecule has 2 heterocycles. The molecule has 4 aromatic rings. The van der Waals surface area contributed by atoms with E-state index in [1.165, 1.54) is 25.5 Å². The molecule has 0 spiro atoms. The van der Waals surface area contributed by atoms with E-state index in [0.29, 0.717) is 20.8 Å². The van der Waals surface area contributed by atoms with Crippen molar-refractivity contribution in [3.8, 4) is 5.75 Å². The molecule has 2 aromatic heterocycles. The number of fused-ring (bicyclic) bond motifs is 1. The topological polar surface area (TPSA) is 184 Å². The van der Waals surface area contributed by atoms with Crippen molar-refractivity contribution in [2.45, 2.75) is 0 Å². The van der Waals surface area contributed by atoms with Gasteiger partial charge in [0.05, 0.1) is 54.8 Å². The minimum atomic E-state index is -0.935. The number of aromatic nitrogens is 1. The zero-order valence-corrected chi connectivity index (χ0v) is 19.6.